The van der Waals surface area contributed by atoms with Gasteiger partial charge < -0.3 is 23.7 Å². The summed E-state index contributed by atoms with van der Waals surface area (Å²) in [5.41, 5.74) is 0.736. The zero-order valence-corrected chi connectivity index (χ0v) is 28.3. The van der Waals surface area contributed by atoms with E-state index < -0.39 is 57.8 Å². The number of esters is 2. The minimum absolute atomic E-state index is 0.254. The van der Waals surface area contributed by atoms with Crippen LogP contribution in [0, 0.1) is 3.57 Å². The first-order chi connectivity index (χ1) is 22.2. The van der Waals surface area contributed by atoms with Crippen molar-refractivity contribution in [3.8, 4) is 11.5 Å². The average Bonchev–Trinajstić information content (AvgIpc) is 3.45. The fourth-order valence-electron chi connectivity index (χ4n) is 5.57. The van der Waals surface area contributed by atoms with Gasteiger partial charge in [0.1, 0.15) is 17.1 Å². The predicted molar refractivity (Wildman–Crippen MR) is 173 cm³/mol. The molecule has 2 unspecified atom stereocenters. The van der Waals surface area contributed by atoms with Gasteiger partial charge in [0, 0.05) is 11.1 Å². The van der Waals surface area contributed by atoms with Crippen LogP contribution in [0.5, 0.6) is 11.5 Å². The van der Waals surface area contributed by atoms with E-state index in [1.807, 2.05) is 29.5 Å². The Morgan fingerprint density at radius 2 is 1.66 bits per heavy atom. The van der Waals surface area contributed by atoms with E-state index in [0.29, 0.717) is 20.3 Å². The predicted octanol–water partition coefficient (Wildman–Crippen LogP) is 6.64. The quantitative estimate of drug-likeness (QED) is 0.0976. The van der Waals surface area contributed by atoms with Crippen LogP contribution in [0.25, 0.3) is 0 Å². The Labute approximate surface area is 284 Å². The van der Waals surface area contributed by atoms with E-state index in [-0.39, 0.29) is 18.1 Å². The molecule has 0 aromatic heterocycles. The third kappa shape index (κ3) is 8.28. The summed E-state index contributed by atoms with van der Waals surface area (Å²) >= 11 is 1.97. The number of carbonyl (C=O) groups excluding carboxylic acids is 2. The van der Waals surface area contributed by atoms with E-state index >= 15 is 0 Å². The molecule has 3 aromatic carbocycles. The highest BCUT2D eigenvalue weighted by atomic mass is 127. The second-order valence-corrected chi connectivity index (χ2v) is 14.4. The van der Waals surface area contributed by atoms with Crippen molar-refractivity contribution in [2.24, 2.45) is 0 Å². The fourth-order valence-corrected chi connectivity index (χ4v) is 6.59. The maximum Gasteiger partial charge on any atom is 0.372 e. The minimum atomic E-state index is -5.65. The molecule has 2 atom stereocenters. The van der Waals surface area contributed by atoms with E-state index in [4.69, 9.17) is 28.2 Å². The minimum Gasteiger partial charge on any atom is -0.482 e. The molecule has 47 heavy (non-hydrogen) atoms. The molecule has 1 saturated heterocycles. The normalized spacial score (nSPS) is 21.2. The van der Waals surface area contributed by atoms with E-state index in [1.165, 1.54) is 18.2 Å². The van der Waals surface area contributed by atoms with Crippen LogP contribution in [0.3, 0.4) is 0 Å². The summed E-state index contributed by atoms with van der Waals surface area (Å²) in [5, 5.41) is -4.43. The number of benzene rings is 3. The van der Waals surface area contributed by atoms with Crippen LogP contribution in [-0.4, -0.2) is 55.1 Å². The Balaban J connectivity index is 1.21. The third-order valence-corrected chi connectivity index (χ3v) is 9.80. The molecule has 2 fully saturated rings. The lowest BCUT2D eigenvalue weighted by atomic mass is 9.86. The van der Waals surface area contributed by atoms with Crippen molar-refractivity contribution in [3.05, 3.63) is 93.1 Å². The molecule has 252 valence electrons. The molecule has 2 aliphatic rings. The Bertz CT molecular complexity index is 1700. The molecular formula is C33H33F2IO10S. The zero-order valence-electron chi connectivity index (χ0n) is 25.3. The lowest BCUT2D eigenvalue weighted by Gasteiger charge is -2.33. The van der Waals surface area contributed by atoms with Crippen molar-refractivity contribution in [2.45, 2.75) is 68.2 Å². The van der Waals surface area contributed by atoms with Crippen LogP contribution >= 0.6 is 22.6 Å². The van der Waals surface area contributed by atoms with Crippen LogP contribution in [-0.2, 0) is 34.9 Å². The molecule has 0 spiro atoms. The molecule has 0 radical (unpaired) electrons. The van der Waals surface area contributed by atoms with Crippen molar-refractivity contribution in [1.82, 2.24) is 0 Å². The van der Waals surface area contributed by atoms with Gasteiger partial charge in [-0.1, -0.05) is 36.8 Å². The second-order valence-electron chi connectivity index (χ2n) is 11.7. The third-order valence-electron chi connectivity index (χ3n) is 8.03. The lowest BCUT2D eigenvalue weighted by molar-refractivity contribution is -0.148. The van der Waals surface area contributed by atoms with Gasteiger partial charge >= 0.3 is 27.3 Å². The van der Waals surface area contributed by atoms with E-state index in [2.05, 4.69) is 0 Å². The first-order valence-corrected chi connectivity index (χ1v) is 17.4. The highest BCUT2D eigenvalue weighted by molar-refractivity contribution is 14.1. The summed E-state index contributed by atoms with van der Waals surface area (Å²) in [4.78, 5) is 25.3. The van der Waals surface area contributed by atoms with Gasteiger partial charge in [0.05, 0.1) is 28.3 Å². The molecule has 5 rings (SSSR count). The Morgan fingerprint density at radius 3 is 2.30 bits per heavy atom. The smallest absolute Gasteiger partial charge is 0.372 e. The Kier molecular flexibility index (Phi) is 10.6. The van der Waals surface area contributed by atoms with Crippen molar-refractivity contribution < 1.29 is 55.0 Å². The van der Waals surface area contributed by atoms with Gasteiger partial charge in [-0.25, -0.2) is 9.59 Å². The van der Waals surface area contributed by atoms with Gasteiger partial charge in [-0.3, -0.25) is 4.55 Å². The van der Waals surface area contributed by atoms with Crippen molar-refractivity contribution in [3.63, 3.8) is 0 Å². The highest BCUT2D eigenvalue weighted by Gasteiger charge is 2.52. The number of ether oxygens (including phenoxy) is 5. The topological polar surface area (TPSA) is 135 Å². The lowest BCUT2D eigenvalue weighted by Crippen LogP contribution is -2.35. The van der Waals surface area contributed by atoms with Crippen LogP contribution in [0.1, 0.15) is 66.9 Å². The molecule has 0 amide bonds. The Morgan fingerprint density at radius 1 is 1.00 bits per heavy atom. The van der Waals surface area contributed by atoms with E-state index in [1.54, 1.807) is 54.6 Å². The van der Waals surface area contributed by atoms with Gasteiger partial charge in [-0.05, 0) is 97.7 Å². The highest BCUT2D eigenvalue weighted by Crippen LogP contribution is 2.43. The summed E-state index contributed by atoms with van der Waals surface area (Å²) in [6.45, 7) is 1.14. The maximum absolute atomic E-state index is 14.1. The van der Waals surface area contributed by atoms with Crippen LogP contribution in [0.4, 0.5) is 8.78 Å². The van der Waals surface area contributed by atoms with Crippen molar-refractivity contribution >= 4 is 44.6 Å². The first kappa shape index (κ1) is 35.1. The number of halogens is 3. The standard InChI is InChI=1S/C33H33F2IO10S/c1-31(16-6-3-7-17-31)46-30(38)22-10-15-28(27(36)18-22)44-29(37)21-42-25-13-11-24(12-14-25)33(23-8-4-2-5-9-23)43-20-26(45-33)19-32(34,35)47(39,40)41/h2,4-5,8-15,18,26H,3,6-7,16-17,19-21H2,1H3,(H,39,40,41). The number of hydrogen-bond acceptors (Lipinski definition) is 9. The van der Waals surface area contributed by atoms with E-state index in [9.17, 15) is 26.8 Å². The van der Waals surface area contributed by atoms with Gasteiger partial charge in [-0.15, -0.1) is 0 Å². The summed E-state index contributed by atoms with van der Waals surface area (Å²) in [5.74, 6) is -2.23. The molecule has 1 saturated carbocycles. The molecule has 10 nitrogen and oxygen atoms in total. The number of alkyl halides is 2. The molecule has 0 bridgehead atoms. The molecule has 14 heteroatoms. The SMILES string of the molecule is CC1(OC(=O)c2ccc(OC(=O)COc3ccc(C4(c5ccccc5)OCC(CC(F)(F)S(=O)(=O)O)O4)cc3)c(I)c2)CCCCC1. The monoisotopic (exact) mass is 786 g/mol. The molecule has 1 heterocycles. The average molecular weight is 787 g/mol. The van der Waals surface area contributed by atoms with Gasteiger partial charge in [-0.2, -0.15) is 17.2 Å². The molecule has 1 aliphatic carbocycles. The maximum atomic E-state index is 14.1. The number of hydrogen-bond donors (Lipinski definition) is 1. The molecular weight excluding hydrogens is 753 g/mol. The van der Waals surface area contributed by atoms with Crippen molar-refractivity contribution in [1.29, 1.82) is 0 Å². The van der Waals surface area contributed by atoms with Crippen LogP contribution < -0.4 is 9.47 Å². The number of rotatable bonds is 11. The molecule has 1 aliphatic heterocycles. The summed E-state index contributed by atoms with van der Waals surface area (Å²) in [6.07, 6.45) is 2.15. The fraction of sp³-hybridized carbons (Fsp3) is 0.394. The van der Waals surface area contributed by atoms with Gasteiger partial charge in [0.2, 0.25) is 5.79 Å². The van der Waals surface area contributed by atoms with Crippen LogP contribution in [0.15, 0.2) is 72.8 Å². The summed E-state index contributed by atoms with van der Waals surface area (Å²) in [6, 6.07) is 19.3. The van der Waals surface area contributed by atoms with E-state index in [0.717, 1.165) is 32.1 Å². The largest absolute Gasteiger partial charge is 0.482 e. The molecule has 3 aromatic rings. The summed E-state index contributed by atoms with van der Waals surface area (Å²) < 4.78 is 88.6. The number of carbonyl (C=O) groups is 2. The van der Waals surface area contributed by atoms with Gasteiger partial charge in [0.25, 0.3) is 0 Å². The second kappa shape index (κ2) is 14.1. The zero-order chi connectivity index (χ0) is 33.9. The van der Waals surface area contributed by atoms with Crippen molar-refractivity contribution in [2.75, 3.05) is 13.2 Å². The Hall–Kier alpha value is -3.18. The van der Waals surface area contributed by atoms with Crippen LogP contribution in [0.2, 0.25) is 0 Å². The molecule has 1 N–H and O–H groups in total. The summed E-state index contributed by atoms with van der Waals surface area (Å²) in [7, 11) is -5.65. The van der Waals surface area contributed by atoms with Gasteiger partial charge in [0.15, 0.2) is 6.61 Å². The first-order valence-electron chi connectivity index (χ1n) is 14.9.